The number of hydrogen-bond donors (Lipinski definition) is 1. The van der Waals surface area contributed by atoms with E-state index in [2.05, 4.69) is 41.7 Å². The van der Waals surface area contributed by atoms with Crippen LogP contribution in [0.25, 0.3) is 5.69 Å². The van der Waals surface area contributed by atoms with Crippen LogP contribution in [0.5, 0.6) is 0 Å². The van der Waals surface area contributed by atoms with Crippen molar-refractivity contribution in [1.29, 1.82) is 0 Å². The monoisotopic (exact) mass is 490 g/mol. The minimum Gasteiger partial charge on any atom is -0.351 e. The van der Waals surface area contributed by atoms with Crippen molar-refractivity contribution in [3.8, 4) is 5.69 Å². The van der Waals surface area contributed by atoms with Crippen molar-refractivity contribution >= 4 is 34.6 Å². The number of nitrogens with zero attached hydrogens (tertiary/aromatic N) is 3. The molecule has 0 unspecified atom stereocenters. The second kappa shape index (κ2) is 8.85. The molecular formula is C27H24ClFN4S. The Labute approximate surface area is 209 Å². The van der Waals surface area contributed by atoms with Crippen LogP contribution in [0.1, 0.15) is 40.3 Å². The summed E-state index contributed by atoms with van der Waals surface area (Å²) in [6, 6.07) is 20.0. The van der Waals surface area contributed by atoms with Gasteiger partial charge in [0.1, 0.15) is 5.82 Å². The van der Waals surface area contributed by atoms with E-state index in [1.807, 2.05) is 47.4 Å². The number of benzene rings is 2. The molecule has 1 N–H and O–H groups in total. The van der Waals surface area contributed by atoms with Gasteiger partial charge in [-0.05, 0) is 86.6 Å². The van der Waals surface area contributed by atoms with Gasteiger partial charge in [0, 0.05) is 28.3 Å². The maximum absolute atomic E-state index is 15.0. The Morgan fingerprint density at radius 1 is 0.971 bits per heavy atom. The zero-order chi connectivity index (χ0) is 24.0. The third kappa shape index (κ3) is 3.77. The molecule has 0 saturated carbocycles. The minimum atomic E-state index is -0.321. The zero-order valence-electron chi connectivity index (χ0n) is 19.1. The van der Waals surface area contributed by atoms with Crippen LogP contribution in [0.15, 0.2) is 72.9 Å². The molecule has 1 aliphatic heterocycles. The van der Waals surface area contributed by atoms with Gasteiger partial charge in [0.15, 0.2) is 5.11 Å². The Hall–Kier alpha value is -3.22. The molecule has 0 amide bonds. The zero-order valence-corrected chi connectivity index (χ0v) is 20.7. The molecule has 0 spiro atoms. The maximum Gasteiger partial charge on any atom is 0.174 e. The van der Waals surface area contributed by atoms with E-state index >= 15 is 4.39 Å². The Morgan fingerprint density at radius 3 is 2.47 bits per heavy atom. The molecule has 1 fully saturated rings. The summed E-state index contributed by atoms with van der Waals surface area (Å²) in [5, 5.41) is 4.55. The molecule has 1 aliphatic rings. The summed E-state index contributed by atoms with van der Waals surface area (Å²) < 4.78 is 17.2. The van der Waals surface area contributed by atoms with E-state index in [9.17, 15) is 0 Å². The first kappa shape index (κ1) is 22.6. The largest absolute Gasteiger partial charge is 0.351 e. The molecule has 34 heavy (non-hydrogen) atoms. The second-order valence-electron chi connectivity index (χ2n) is 8.54. The summed E-state index contributed by atoms with van der Waals surface area (Å²) in [4.78, 5) is 6.47. The van der Waals surface area contributed by atoms with Gasteiger partial charge in [-0.25, -0.2) is 4.39 Å². The Bertz CT molecular complexity index is 1380. The first-order valence-corrected chi connectivity index (χ1v) is 11.9. The highest BCUT2D eigenvalue weighted by Crippen LogP contribution is 2.44. The first-order chi connectivity index (χ1) is 16.4. The lowest BCUT2D eigenvalue weighted by atomic mass is 9.96. The summed E-state index contributed by atoms with van der Waals surface area (Å²) in [7, 11) is 0. The van der Waals surface area contributed by atoms with Crippen molar-refractivity contribution < 1.29 is 4.39 Å². The minimum absolute atomic E-state index is 0.247. The van der Waals surface area contributed by atoms with E-state index in [1.54, 1.807) is 18.3 Å². The smallest absolute Gasteiger partial charge is 0.174 e. The van der Waals surface area contributed by atoms with Gasteiger partial charge < -0.3 is 14.8 Å². The van der Waals surface area contributed by atoms with Gasteiger partial charge in [0.2, 0.25) is 0 Å². The number of halogens is 2. The van der Waals surface area contributed by atoms with Crippen molar-refractivity contribution in [3.63, 3.8) is 0 Å². The van der Waals surface area contributed by atoms with Crippen molar-refractivity contribution in [2.24, 2.45) is 0 Å². The van der Waals surface area contributed by atoms with Gasteiger partial charge in [0.05, 0.1) is 23.5 Å². The van der Waals surface area contributed by atoms with Crippen molar-refractivity contribution in [1.82, 2.24) is 14.9 Å². The number of anilines is 1. The molecule has 0 aliphatic carbocycles. The van der Waals surface area contributed by atoms with Gasteiger partial charge in [-0.15, -0.1) is 0 Å². The summed E-state index contributed by atoms with van der Waals surface area (Å²) >= 11 is 12.1. The van der Waals surface area contributed by atoms with Crippen LogP contribution < -0.4 is 10.2 Å². The Kier molecular flexibility index (Phi) is 5.88. The van der Waals surface area contributed by atoms with Crippen LogP contribution in [0, 0.1) is 26.6 Å². The van der Waals surface area contributed by atoms with E-state index in [-0.39, 0.29) is 17.9 Å². The van der Waals surface area contributed by atoms with Gasteiger partial charge in [-0.3, -0.25) is 4.98 Å². The number of hydrogen-bond acceptors (Lipinski definition) is 2. The van der Waals surface area contributed by atoms with Crippen molar-refractivity contribution in [3.05, 3.63) is 112 Å². The van der Waals surface area contributed by atoms with Gasteiger partial charge in [-0.2, -0.15) is 0 Å². The summed E-state index contributed by atoms with van der Waals surface area (Å²) in [6.45, 7) is 6.22. The van der Waals surface area contributed by atoms with Gasteiger partial charge in [-0.1, -0.05) is 35.9 Å². The maximum atomic E-state index is 15.0. The predicted octanol–water partition coefficient (Wildman–Crippen LogP) is 6.77. The molecule has 172 valence electrons. The molecule has 0 radical (unpaired) electrons. The van der Waals surface area contributed by atoms with Crippen LogP contribution in [-0.4, -0.2) is 14.7 Å². The molecule has 7 heteroatoms. The molecule has 5 rings (SSSR count). The van der Waals surface area contributed by atoms with E-state index in [1.165, 1.54) is 6.07 Å². The van der Waals surface area contributed by atoms with Crippen LogP contribution in [0.3, 0.4) is 0 Å². The lowest BCUT2D eigenvalue weighted by Gasteiger charge is -2.28. The molecule has 4 nitrogen and oxygen atoms in total. The quantitative estimate of drug-likeness (QED) is 0.320. The SMILES string of the molecule is Cc1ccc(Cl)cc1-n1c(C)cc([C@H]2[C@@H](c3ccccn3)NC(=S)N2c2ccccc2F)c1C. The van der Waals surface area contributed by atoms with Gasteiger partial charge >= 0.3 is 0 Å². The standard InChI is InChI=1S/C27H24ClFN4S/c1-16-11-12-19(28)15-24(16)32-17(2)14-20(18(32)3)26-25(22-9-6-7-13-30-22)31-27(34)33(26)23-10-5-4-8-21(23)29/h4-15,25-26H,1-3H3,(H,31,34)/t25-,26+/m1/s1. The van der Waals surface area contributed by atoms with Crippen molar-refractivity contribution in [2.45, 2.75) is 32.9 Å². The normalized spacial score (nSPS) is 17.8. The van der Waals surface area contributed by atoms with Gasteiger partial charge in [0.25, 0.3) is 0 Å². The molecule has 1 saturated heterocycles. The Morgan fingerprint density at radius 2 is 1.74 bits per heavy atom. The number of para-hydroxylation sites is 1. The molecule has 4 aromatic rings. The number of pyridine rings is 1. The fraction of sp³-hybridized carbons (Fsp3) is 0.185. The van der Waals surface area contributed by atoms with Crippen molar-refractivity contribution in [2.75, 3.05) is 4.90 Å². The lowest BCUT2D eigenvalue weighted by molar-refractivity contribution is 0.556. The second-order valence-corrected chi connectivity index (χ2v) is 9.36. The average molecular weight is 491 g/mol. The highest BCUT2D eigenvalue weighted by Gasteiger charge is 2.43. The number of nitrogens with one attached hydrogen (secondary N) is 1. The van der Waals surface area contributed by atoms with Crippen LogP contribution in [0.2, 0.25) is 5.02 Å². The summed E-state index contributed by atoms with van der Waals surface area (Å²) in [5.74, 6) is -0.321. The third-order valence-corrected chi connectivity index (χ3v) is 6.96. The topological polar surface area (TPSA) is 33.1 Å². The van der Waals surface area contributed by atoms with E-state index in [0.29, 0.717) is 15.8 Å². The summed E-state index contributed by atoms with van der Waals surface area (Å²) in [6.07, 6.45) is 1.77. The summed E-state index contributed by atoms with van der Waals surface area (Å²) in [5.41, 5.74) is 6.57. The third-order valence-electron chi connectivity index (χ3n) is 6.41. The van der Waals surface area contributed by atoms with E-state index in [4.69, 9.17) is 23.8 Å². The number of rotatable bonds is 4. The first-order valence-electron chi connectivity index (χ1n) is 11.1. The molecular weight excluding hydrogens is 467 g/mol. The molecule has 2 aromatic carbocycles. The van der Waals surface area contributed by atoms with Crippen LogP contribution >= 0.6 is 23.8 Å². The highest BCUT2D eigenvalue weighted by atomic mass is 35.5. The predicted molar refractivity (Wildman–Crippen MR) is 139 cm³/mol. The molecule has 2 atom stereocenters. The molecule has 0 bridgehead atoms. The van der Waals surface area contributed by atoms with Crippen LogP contribution in [0.4, 0.5) is 10.1 Å². The van der Waals surface area contributed by atoms with E-state index < -0.39 is 0 Å². The molecule has 3 heterocycles. The fourth-order valence-corrected chi connectivity index (χ4v) is 5.36. The van der Waals surface area contributed by atoms with Crippen LogP contribution in [-0.2, 0) is 0 Å². The number of aromatic nitrogens is 2. The fourth-order valence-electron chi connectivity index (χ4n) is 4.86. The Balaban J connectivity index is 1.72. The number of aryl methyl sites for hydroxylation is 2. The number of thiocarbonyl (C=S) groups is 1. The average Bonchev–Trinajstić information content (AvgIpc) is 3.31. The molecule has 2 aromatic heterocycles. The highest BCUT2D eigenvalue weighted by molar-refractivity contribution is 7.80. The lowest BCUT2D eigenvalue weighted by Crippen LogP contribution is -2.30. The van der Waals surface area contributed by atoms with E-state index in [0.717, 1.165) is 33.9 Å².